The van der Waals surface area contributed by atoms with Gasteiger partial charge in [-0.25, -0.2) is 0 Å². The Balaban J connectivity index is 0.000000378. The van der Waals surface area contributed by atoms with Gasteiger partial charge in [0.1, 0.15) is 0 Å². The van der Waals surface area contributed by atoms with Gasteiger partial charge in [0, 0.05) is 48.0 Å². The van der Waals surface area contributed by atoms with Crippen molar-refractivity contribution >= 4 is 6.21 Å². The predicted molar refractivity (Wildman–Crippen MR) is 269 cm³/mol. The van der Waals surface area contributed by atoms with Gasteiger partial charge in [0.2, 0.25) is 0 Å². The van der Waals surface area contributed by atoms with E-state index in [-0.39, 0.29) is 21.7 Å². The summed E-state index contributed by atoms with van der Waals surface area (Å²) in [5.74, 6) is 3.00. The van der Waals surface area contributed by atoms with Crippen LogP contribution in [0, 0.1) is 5.92 Å². The molecule has 3 heterocycles. The second kappa shape index (κ2) is 24.0. The molecule has 0 saturated carbocycles. The van der Waals surface area contributed by atoms with E-state index in [1.54, 1.807) is 0 Å². The summed E-state index contributed by atoms with van der Waals surface area (Å²) in [6, 6.07) is 24.5. The van der Waals surface area contributed by atoms with E-state index in [1.807, 2.05) is 24.8 Å². The molecule has 3 heteroatoms. The van der Waals surface area contributed by atoms with Crippen LogP contribution in [0.25, 0.3) is 0 Å². The zero-order chi connectivity index (χ0) is 46.2. The second-order valence-electron chi connectivity index (χ2n) is 22.2. The molecule has 4 aromatic rings. The molecular weight excluding hydrogens is 727 g/mol. The third-order valence-electron chi connectivity index (χ3n) is 10.6. The summed E-state index contributed by atoms with van der Waals surface area (Å²) in [6.45, 7) is 48.7. The van der Waals surface area contributed by atoms with Crippen LogP contribution in [0.4, 0.5) is 0 Å². The second-order valence-corrected chi connectivity index (χ2v) is 22.2. The molecule has 0 saturated heterocycles. The smallest absolute Gasteiger partial charge is 0.0457 e. The lowest BCUT2D eigenvalue weighted by Gasteiger charge is -2.20. The van der Waals surface area contributed by atoms with E-state index in [2.05, 4.69) is 240 Å². The fraction of sp³-hybridized carbons (Fsp3) is 0.561. The largest absolute Gasteiger partial charge is 0.265 e. The quantitative estimate of drug-likeness (QED) is 0.201. The van der Waals surface area contributed by atoms with Gasteiger partial charge in [-0.05, 0) is 90.8 Å². The Morgan fingerprint density at radius 2 is 0.900 bits per heavy atom. The van der Waals surface area contributed by atoms with E-state index in [9.17, 15) is 0 Å². The molecule has 0 fully saturated rings. The number of rotatable bonds is 5. The van der Waals surface area contributed by atoms with Crippen LogP contribution >= 0.6 is 0 Å². The number of allylic oxidation sites excluding steroid dienone is 2. The Kier molecular flexibility index (Phi) is 21.6. The number of benzene rings is 2. The first-order chi connectivity index (χ1) is 27.4. The summed E-state index contributed by atoms with van der Waals surface area (Å²) < 4.78 is 0. The maximum atomic E-state index is 4.47. The standard InChI is InChI=1S/2C13H20.2C12H19N.C7H11N/c1-10(2)11-6-8-12(9-7-11)13(3,4)5;1-10(2)11-7-6-8-12(9-11)13(3,4)5;1-9(2)10-6-11(8-13-7-10)12(3,4)5;1-9(2)10-6-7-11(13-8-10)12(3,4)5;1-6(2)7-4-3-5-8-7/h2*6-10H,1-5H3;2*6-9H,1-5H3;4-6H,3H2,1-2H3. The lowest BCUT2D eigenvalue weighted by molar-refractivity contribution is 0.567. The highest BCUT2D eigenvalue weighted by atomic mass is 14.8. The zero-order valence-corrected chi connectivity index (χ0v) is 42.7. The van der Waals surface area contributed by atoms with Crippen molar-refractivity contribution < 1.29 is 0 Å². The molecule has 0 aliphatic carbocycles. The molecule has 332 valence electrons. The Hall–Kier alpha value is -3.85. The minimum Gasteiger partial charge on any atom is -0.265 e. The molecule has 5 rings (SSSR count). The van der Waals surface area contributed by atoms with Crippen LogP contribution < -0.4 is 0 Å². The van der Waals surface area contributed by atoms with E-state index in [0.717, 1.165) is 12.1 Å². The molecule has 3 nitrogen and oxygen atoms in total. The molecule has 60 heavy (non-hydrogen) atoms. The van der Waals surface area contributed by atoms with Gasteiger partial charge in [-0.3, -0.25) is 15.0 Å². The number of hydrogen-bond acceptors (Lipinski definition) is 3. The van der Waals surface area contributed by atoms with Crippen molar-refractivity contribution in [2.45, 2.75) is 204 Å². The summed E-state index contributed by atoms with van der Waals surface area (Å²) in [7, 11) is 0. The van der Waals surface area contributed by atoms with Crippen LogP contribution in [-0.4, -0.2) is 16.2 Å². The van der Waals surface area contributed by atoms with Gasteiger partial charge in [-0.15, -0.1) is 0 Å². The van der Waals surface area contributed by atoms with Crippen LogP contribution in [0.2, 0.25) is 0 Å². The van der Waals surface area contributed by atoms with E-state index in [0.29, 0.717) is 29.6 Å². The van der Waals surface area contributed by atoms with Crippen molar-refractivity contribution in [3.8, 4) is 0 Å². The Morgan fingerprint density at radius 3 is 1.27 bits per heavy atom. The third-order valence-corrected chi connectivity index (χ3v) is 10.6. The maximum absolute atomic E-state index is 4.47. The monoisotopic (exact) mass is 816 g/mol. The summed E-state index contributed by atoms with van der Waals surface area (Å²) in [4.78, 5) is 12.9. The lowest BCUT2D eigenvalue weighted by Crippen LogP contribution is -2.13. The number of aliphatic imine (C=N–C) groups is 1. The van der Waals surface area contributed by atoms with Crippen LogP contribution in [0.15, 0.2) is 102 Å². The summed E-state index contributed by atoms with van der Waals surface area (Å²) >= 11 is 0. The molecule has 0 unspecified atom stereocenters. The SMILES string of the molecule is CC(C)C1=CCC=N1.CC(C)c1ccc(C(C)(C)C)cc1.CC(C)c1ccc(C(C)(C)C)nc1.CC(C)c1cccc(C(C)(C)C)c1.CC(C)c1cncc(C(C)(C)C)c1. The normalized spacial score (nSPS) is 12.9. The Labute approximate surface area is 371 Å². The molecule has 2 aromatic carbocycles. The first kappa shape index (κ1) is 54.2. The average Bonchev–Trinajstić information content (AvgIpc) is 3.71. The molecule has 0 atom stereocenters. The predicted octanol–water partition coefficient (Wildman–Crippen LogP) is 17.2. The molecule has 0 spiro atoms. The topological polar surface area (TPSA) is 38.1 Å². The number of hydrogen-bond donors (Lipinski definition) is 0. The van der Waals surface area contributed by atoms with Gasteiger partial charge in [0.15, 0.2) is 0 Å². The van der Waals surface area contributed by atoms with E-state index >= 15 is 0 Å². The number of nitrogens with zero attached hydrogens (tertiary/aromatic N) is 3. The highest BCUT2D eigenvalue weighted by Crippen LogP contribution is 2.27. The molecule has 0 radical (unpaired) electrons. The minimum atomic E-state index is 0.162. The van der Waals surface area contributed by atoms with E-state index < -0.39 is 0 Å². The zero-order valence-electron chi connectivity index (χ0n) is 42.7. The lowest BCUT2D eigenvalue weighted by atomic mass is 9.85. The highest BCUT2D eigenvalue weighted by molar-refractivity contribution is 5.64. The van der Waals surface area contributed by atoms with Crippen molar-refractivity contribution in [2.24, 2.45) is 10.9 Å². The number of aromatic nitrogens is 2. The summed E-state index contributed by atoms with van der Waals surface area (Å²) in [5, 5.41) is 0. The highest BCUT2D eigenvalue weighted by Gasteiger charge is 2.17. The van der Waals surface area contributed by atoms with Gasteiger partial charge in [-0.2, -0.15) is 0 Å². The first-order valence-corrected chi connectivity index (χ1v) is 22.8. The fourth-order valence-corrected chi connectivity index (χ4v) is 5.88. The Bertz CT molecular complexity index is 1730. The van der Waals surface area contributed by atoms with Gasteiger partial charge in [0.25, 0.3) is 0 Å². The van der Waals surface area contributed by atoms with Gasteiger partial charge in [0.05, 0.1) is 0 Å². The molecule has 1 aliphatic rings. The minimum absolute atomic E-state index is 0.162. The van der Waals surface area contributed by atoms with Gasteiger partial charge < -0.3 is 0 Å². The van der Waals surface area contributed by atoms with Gasteiger partial charge >= 0.3 is 0 Å². The van der Waals surface area contributed by atoms with Gasteiger partial charge in [-0.1, -0.05) is 219 Å². The molecule has 0 bridgehead atoms. The molecular formula is C57H89N3. The summed E-state index contributed by atoms with van der Waals surface area (Å²) in [6.07, 6.45) is 11.1. The van der Waals surface area contributed by atoms with Crippen LogP contribution in [-0.2, 0) is 21.7 Å². The first-order valence-electron chi connectivity index (χ1n) is 22.8. The van der Waals surface area contributed by atoms with Crippen LogP contribution in [0.3, 0.4) is 0 Å². The molecule has 0 N–H and O–H groups in total. The van der Waals surface area contributed by atoms with Crippen molar-refractivity contribution in [1.29, 1.82) is 0 Å². The molecule has 2 aromatic heterocycles. The Morgan fingerprint density at radius 1 is 0.417 bits per heavy atom. The summed E-state index contributed by atoms with van der Waals surface area (Å²) in [5.41, 5.74) is 13.0. The van der Waals surface area contributed by atoms with Crippen LogP contribution in [0.5, 0.6) is 0 Å². The van der Waals surface area contributed by atoms with Crippen molar-refractivity contribution in [3.05, 3.63) is 142 Å². The van der Waals surface area contributed by atoms with E-state index in [4.69, 9.17) is 0 Å². The van der Waals surface area contributed by atoms with Crippen molar-refractivity contribution in [3.63, 3.8) is 0 Å². The maximum Gasteiger partial charge on any atom is 0.0457 e. The number of pyridine rings is 2. The molecule has 1 aliphatic heterocycles. The fourth-order valence-electron chi connectivity index (χ4n) is 5.88. The average molecular weight is 816 g/mol. The van der Waals surface area contributed by atoms with Crippen LogP contribution in [0.1, 0.15) is 227 Å². The molecule has 0 amide bonds. The van der Waals surface area contributed by atoms with Crippen molar-refractivity contribution in [1.82, 2.24) is 9.97 Å². The van der Waals surface area contributed by atoms with Crippen molar-refractivity contribution in [2.75, 3.05) is 0 Å². The van der Waals surface area contributed by atoms with E-state index in [1.165, 1.54) is 44.6 Å². The third kappa shape index (κ3) is 20.1.